The monoisotopic (exact) mass is 1450 g/mol. The number of rotatable bonds is 18. The molecular formula is C71H102O31. The van der Waals surface area contributed by atoms with Crippen LogP contribution < -0.4 is 4.74 Å². The second-order valence-electron chi connectivity index (χ2n) is 31.5. The topological polar surface area (TPSA) is 468 Å². The smallest absolute Gasteiger partial charge is 0.335 e. The molecule has 1 aromatic carbocycles. The standard InChI is InChI=1S/C71H102O31/c1-30-44(78)47(81)50(84)61(92-30)101-58-56(94-32(3)74)53(97-43(77)18-13-33-11-14-34(90-10)15-12-33)31(2)93-63(58)102-65(89)71-24-23-66(4,5)25-36(71)35-16-17-40-67(6)21-20-42(68(7,29-73)39(67)19-22-69(40,8)70(35,9)26-41(71)76)96-64-57(100-62-51(85)48(82)46(80)38(27-72)95-62)54(52(86)55(99-64)59(87)88)98-60-49(83)45(79)37(75)28-91-60/h11-16,18,29-31,36-42,44-58,60-64,72,75-76,78-86H,17,19-28H2,1-10H3,(H,87,88)/b18-13-/t30-,31+,36-,37-,38+,39+,40+,41+,42-,44-,45+,46-,47+,48+,49+,50-,51+,52+,53+,54+,55-,56-,57+,58+,60-,61+,62+,63-,64-,67-,68+,69+,70+,71+/m0/s1. The van der Waals surface area contributed by atoms with Gasteiger partial charge >= 0.3 is 23.9 Å². The van der Waals surface area contributed by atoms with Crippen LogP contribution in [0, 0.1) is 50.2 Å². The molecule has 5 saturated heterocycles. The Balaban J connectivity index is 0.891. The number of methoxy groups -OCH3 is 1. The number of hydrogen-bond donors (Lipinski definition) is 13. The number of aliphatic hydroxyl groups is 12. The summed E-state index contributed by atoms with van der Waals surface area (Å²) in [7, 11) is 1.51. The van der Waals surface area contributed by atoms with Crippen LogP contribution in [0.4, 0.5) is 0 Å². The number of aliphatic hydroxyl groups excluding tert-OH is 12. The fourth-order valence-corrected chi connectivity index (χ4v) is 19.0. The lowest BCUT2D eigenvalue weighted by Crippen LogP contribution is -2.69. The Bertz CT molecular complexity index is 3240. The van der Waals surface area contributed by atoms with Crippen molar-refractivity contribution in [2.45, 2.75) is 280 Å². The van der Waals surface area contributed by atoms with Gasteiger partial charge in [-0.3, -0.25) is 9.59 Å². The third-order valence-electron chi connectivity index (χ3n) is 25.1. The van der Waals surface area contributed by atoms with Gasteiger partial charge in [0.05, 0.1) is 50.2 Å². The zero-order valence-electron chi connectivity index (χ0n) is 58.8. The molecule has 0 spiro atoms. The van der Waals surface area contributed by atoms with E-state index in [1.165, 1.54) is 27.0 Å². The lowest BCUT2D eigenvalue weighted by Gasteiger charge is -2.71. The average molecular weight is 1450 g/mol. The fraction of sp³-hybridized carbons (Fsp3) is 0.789. The predicted octanol–water partition coefficient (Wildman–Crippen LogP) is -0.431. The first kappa shape index (κ1) is 78.3. The Labute approximate surface area is 589 Å². The Kier molecular flexibility index (Phi) is 22.8. The van der Waals surface area contributed by atoms with Gasteiger partial charge < -0.3 is 133 Å². The van der Waals surface area contributed by atoms with Gasteiger partial charge in [-0.05, 0) is 135 Å². The van der Waals surface area contributed by atoms with E-state index in [0.717, 1.165) is 24.9 Å². The molecule has 0 aromatic heterocycles. The summed E-state index contributed by atoms with van der Waals surface area (Å²) < 4.78 is 78.7. The maximum Gasteiger partial charge on any atom is 0.335 e. The van der Waals surface area contributed by atoms with E-state index in [2.05, 4.69) is 40.7 Å². The Morgan fingerprint density at radius 3 is 1.87 bits per heavy atom. The van der Waals surface area contributed by atoms with Crippen molar-refractivity contribution in [2.24, 2.45) is 50.2 Å². The number of ether oxygens (including phenoxy) is 13. The Morgan fingerprint density at radius 1 is 0.608 bits per heavy atom. The number of carbonyl (C=O) groups excluding carboxylic acids is 4. The SMILES string of the molecule is COc1ccc(/C=C\C(=O)O[C@H]2[C@H](OC(C)=O)[C@@H](O[C@H]3O[C@@H](C)[C@H](O)[C@@H](O)[C@@H]3O)[C@H](OC(=O)[C@]34CCC(C)(C)C[C@H]3C3=CC[C@@H]5[C@@]6(C)CC[C@H](O[C@H]7O[C@H](C(=O)O)[C@H](O)[C@@H](O[C@@H]8OC[C@H](O)[C@@H](O)[C@H]8O)[C@H]7O[C@H]7O[C@H](CO)[C@H](O)[C@@H](O)[C@H]7O)[C@](C)(C=O)[C@@H]6CC[C@@]5(C)[C@]3(C)C[C@H]4O)O[C@@H]2C)cc1. The normalized spacial score (nSPS) is 48.5. The van der Waals surface area contributed by atoms with Crippen molar-refractivity contribution in [1.29, 1.82) is 0 Å². The van der Waals surface area contributed by atoms with E-state index in [1.807, 2.05) is 0 Å². The van der Waals surface area contributed by atoms with E-state index in [0.29, 0.717) is 49.8 Å². The first-order chi connectivity index (χ1) is 47.9. The van der Waals surface area contributed by atoms with Crippen LogP contribution in [0.2, 0.25) is 0 Å². The number of esters is 3. The molecule has 0 bridgehead atoms. The quantitative estimate of drug-likeness (QED) is 0.0221. The highest BCUT2D eigenvalue weighted by atomic mass is 16.8. The van der Waals surface area contributed by atoms with Crippen LogP contribution in [0.3, 0.4) is 0 Å². The van der Waals surface area contributed by atoms with Gasteiger partial charge in [0.15, 0.2) is 49.6 Å². The Hall–Kier alpha value is -4.79. The molecule has 102 heavy (non-hydrogen) atoms. The minimum absolute atomic E-state index is 0.0483. The first-order valence-corrected chi connectivity index (χ1v) is 35.2. The first-order valence-electron chi connectivity index (χ1n) is 35.2. The molecule has 11 rings (SSSR count). The van der Waals surface area contributed by atoms with Crippen LogP contribution in [-0.4, -0.2) is 277 Å². The van der Waals surface area contributed by atoms with Crippen LogP contribution in [0.1, 0.15) is 126 Å². The van der Waals surface area contributed by atoms with Crippen molar-refractivity contribution in [2.75, 3.05) is 20.3 Å². The highest BCUT2D eigenvalue weighted by molar-refractivity contribution is 5.87. The van der Waals surface area contributed by atoms with Gasteiger partial charge in [-0.25, -0.2) is 9.59 Å². The lowest BCUT2D eigenvalue weighted by atomic mass is 9.33. The molecule has 5 heterocycles. The number of benzene rings is 1. The van der Waals surface area contributed by atoms with Gasteiger partial charge in [-0.2, -0.15) is 0 Å². The van der Waals surface area contributed by atoms with Crippen LogP contribution >= 0.6 is 0 Å². The number of carboxylic acids is 1. The minimum atomic E-state index is -2.22. The molecule has 4 saturated carbocycles. The number of carbonyl (C=O) groups is 5. The molecule has 0 unspecified atom stereocenters. The van der Waals surface area contributed by atoms with Crippen molar-refractivity contribution in [3.05, 3.63) is 47.6 Å². The molecule has 13 N–H and O–H groups in total. The van der Waals surface area contributed by atoms with Gasteiger partial charge in [0.1, 0.15) is 96.8 Å². The van der Waals surface area contributed by atoms with E-state index < -0.39 is 241 Å². The average Bonchev–Trinajstić information content (AvgIpc) is 0.669. The van der Waals surface area contributed by atoms with E-state index in [4.69, 9.17) is 61.6 Å². The van der Waals surface area contributed by atoms with E-state index >= 15 is 4.79 Å². The van der Waals surface area contributed by atoms with Gasteiger partial charge in [0.2, 0.25) is 6.29 Å². The van der Waals surface area contributed by atoms with Crippen LogP contribution in [0.5, 0.6) is 5.75 Å². The summed E-state index contributed by atoms with van der Waals surface area (Å²) in [4.78, 5) is 70.2. The summed E-state index contributed by atoms with van der Waals surface area (Å²) >= 11 is 0. The summed E-state index contributed by atoms with van der Waals surface area (Å²) in [6.45, 7) is 14.8. The van der Waals surface area contributed by atoms with Crippen molar-refractivity contribution in [3.63, 3.8) is 0 Å². The summed E-state index contributed by atoms with van der Waals surface area (Å²) in [5.74, 6) is -5.21. The predicted molar refractivity (Wildman–Crippen MR) is 344 cm³/mol. The van der Waals surface area contributed by atoms with Crippen molar-refractivity contribution in [1.82, 2.24) is 0 Å². The van der Waals surface area contributed by atoms with Gasteiger partial charge in [-0.15, -0.1) is 0 Å². The maximum absolute atomic E-state index is 16.0. The maximum atomic E-state index is 16.0. The zero-order valence-corrected chi connectivity index (χ0v) is 58.8. The highest BCUT2D eigenvalue weighted by Crippen LogP contribution is 2.76. The molecule has 34 atom stereocenters. The second kappa shape index (κ2) is 29.8. The molecule has 10 aliphatic rings. The van der Waals surface area contributed by atoms with Gasteiger partial charge in [0, 0.05) is 13.0 Å². The fourth-order valence-electron chi connectivity index (χ4n) is 19.0. The summed E-state index contributed by atoms with van der Waals surface area (Å²) in [5, 5.41) is 144. The number of hydrogen-bond acceptors (Lipinski definition) is 30. The number of aliphatic carboxylic acids is 1. The number of fused-ring (bicyclic) bond motifs is 7. The molecule has 0 amide bonds. The molecule has 572 valence electrons. The van der Waals surface area contributed by atoms with Crippen LogP contribution in [0.15, 0.2) is 42.0 Å². The largest absolute Gasteiger partial charge is 0.497 e. The van der Waals surface area contributed by atoms with Crippen molar-refractivity contribution in [3.8, 4) is 5.75 Å². The summed E-state index contributed by atoms with van der Waals surface area (Å²) in [6.07, 6.45) is -37.4. The number of aldehydes is 1. The van der Waals surface area contributed by atoms with E-state index in [-0.39, 0.29) is 25.2 Å². The summed E-state index contributed by atoms with van der Waals surface area (Å²) in [6, 6.07) is 6.78. The van der Waals surface area contributed by atoms with E-state index in [1.54, 1.807) is 31.2 Å². The molecule has 5 aliphatic heterocycles. The second-order valence-corrected chi connectivity index (χ2v) is 31.5. The van der Waals surface area contributed by atoms with Gasteiger partial charge in [0.25, 0.3) is 0 Å². The number of carboxylic acid groups (broad SMARTS) is 1. The van der Waals surface area contributed by atoms with Crippen molar-refractivity contribution >= 4 is 36.2 Å². The molecule has 0 radical (unpaired) electrons. The summed E-state index contributed by atoms with van der Waals surface area (Å²) in [5.41, 5.74) is -4.17. The third-order valence-corrected chi connectivity index (χ3v) is 25.1. The van der Waals surface area contributed by atoms with E-state index in [9.17, 15) is 85.6 Å². The van der Waals surface area contributed by atoms with Gasteiger partial charge in [-0.1, -0.05) is 65.3 Å². The van der Waals surface area contributed by atoms with Crippen LogP contribution in [0.25, 0.3) is 6.08 Å². The van der Waals surface area contributed by atoms with Crippen LogP contribution in [-0.2, 0) is 80.8 Å². The minimum Gasteiger partial charge on any atom is -0.497 e. The third kappa shape index (κ3) is 13.8. The highest BCUT2D eigenvalue weighted by Gasteiger charge is 2.73. The molecule has 5 aliphatic carbocycles. The number of allylic oxidation sites excluding steroid dienone is 2. The zero-order chi connectivity index (χ0) is 74.4. The molecule has 31 heteroatoms. The molecule has 31 nitrogen and oxygen atoms in total. The molecule has 9 fully saturated rings. The molecular weight excluding hydrogens is 1350 g/mol. The lowest BCUT2D eigenvalue weighted by molar-refractivity contribution is -0.391. The molecule has 1 aromatic rings. The Morgan fingerprint density at radius 2 is 1.24 bits per heavy atom. The van der Waals surface area contributed by atoms with Crippen molar-refractivity contribution < 1.29 is 152 Å².